The van der Waals surface area contributed by atoms with E-state index in [1.165, 1.54) is 0 Å². The number of nitrogens with zero attached hydrogens (tertiary/aromatic N) is 6. The Morgan fingerprint density at radius 2 is 2.14 bits per heavy atom. The molecule has 0 aromatic carbocycles. The Labute approximate surface area is 182 Å². The zero-order chi connectivity index (χ0) is 18.9. The predicted octanol–water partition coefficient (Wildman–Crippen LogP) is 1.23. The van der Waals surface area contributed by atoms with E-state index < -0.39 is 0 Å². The first-order valence-corrected chi connectivity index (χ1v) is 9.94. The zero-order valence-electron chi connectivity index (χ0n) is 16.5. The van der Waals surface area contributed by atoms with E-state index in [0.717, 1.165) is 70.1 Å². The number of hydrogen-bond donors (Lipinski definition) is 2. The van der Waals surface area contributed by atoms with Crippen LogP contribution in [0.2, 0.25) is 0 Å². The number of nitrogens with one attached hydrogen (secondary N) is 2. The van der Waals surface area contributed by atoms with Crippen molar-refractivity contribution in [3.8, 4) is 0 Å². The van der Waals surface area contributed by atoms with Crippen molar-refractivity contribution in [3.05, 3.63) is 34.8 Å². The van der Waals surface area contributed by atoms with Gasteiger partial charge in [-0.3, -0.25) is 14.2 Å². The molecule has 0 aliphatic carbocycles. The summed E-state index contributed by atoms with van der Waals surface area (Å²) in [5, 5.41) is 15.3. The Bertz CT molecular complexity index is 780. The monoisotopic (exact) mass is 502 g/mol. The smallest absolute Gasteiger partial charge is 0.345 e. The van der Waals surface area contributed by atoms with Gasteiger partial charge in [0.2, 0.25) is 0 Å². The van der Waals surface area contributed by atoms with Gasteiger partial charge in [-0.05, 0) is 38.7 Å². The molecule has 0 saturated heterocycles. The van der Waals surface area contributed by atoms with Crippen molar-refractivity contribution >= 4 is 29.9 Å². The summed E-state index contributed by atoms with van der Waals surface area (Å²) in [7, 11) is 0. The fraction of sp³-hybridized carbons (Fsp3) is 0.667. The minimum absolute atomic E-state index is 0. The molecule has 2 aromatic rings. The van der Waals surface area contributed by atoms with Crippen molar-refractivity contribution in [2.45, 2.75) is 58.7 Å². The van der Waals surface area contributed by atoms with Gasteiger partial charge < -0.3 is 10.6 Å². The second-order valence-electron chi connectivity index (χ2n) is 6.69. The molecule has 0 spiro atoms. The second kappa shape index (κ2) is 11.9. The summed E-state index contributed by atoms with van der Waals surface area (Å²) in [5.74, 6) is 1.75. The molecule has 10 heteroatoms. The molecule has 0 unspecified atom stereocenters. The predicted molar refractivity (Wildman–Crippen MR) is 120 cm³/mol. The normalized spacial score (nSPS) is 13.7. The van der Waals surface area contributed by atoms with Gasteiger partial charge in [0.25, 0.3) is 0 Å². The number of aliphatic imine (C=N–C) groups is 1. The van der Waals surface area contributed by atoms with Gasteiger partial charge in [-0.2, -0.15) is 10.2 Å². The number of aromatic nitrogens is 5. The molecular formula is C18H31IN8O. The molecule has 0 fully saturated rings. The van der Waals surface area contributed by atoms with Crippen LogP contribution in [0.15, 0.2) is 28.2 Å². The molecule has 3 heterocycles. The van der Waals surface area contributed by atoms with E-state index in [0.29, 0.717) is 13.1 Å². The standard InChI is InChI=1S/C18H30N8O.HI/c1-2-19-17(20-9-5-12-24-13-7-11-22-24)21-10-6-15-26-18(27)25-14-4-3-8-16(25)23-26;/h7,11,13H,2-6,8-10,12,14-15H2,1H3,(H2,19,20,21);1H. The Balaban J connectivity index is 0.00000280. The highest BCUT2D eigenvalue weighted by Gasteiger charge is 2.16. The van der Waals surface area contributed by atoms with Crippen LogP contribution in [0.4, 0.5) is 0 Å². The molecule has 3 rings (SSSR count). The van der Waals surface area contributed by atoms with E-state index in [-0.39, 0.29) is 29.7 Å². The van der Waals surface area contributed by atoms with Crippen LogP contribution in [0.25, 0.3) is 0 Å². The lowest BCUT2D eigenvalue weighted by molar-refractivity contribution is 0.509. The van der Waals surface area contributed by atoms with Crippen LogP contribution >= 0.6 is 24.0 Å². The molecule has 28 heavy (non-hydrogen) atoms. The van der Waals surface area contributed by atoms with E-state index in [4.69, 9.17) is 0 Å². The third kappa shape index (κ3) is 6.35. The molecule has 0 radical (unpaired) electrons. The highest BCUT2D eigenvalue weighted by Crippen LogP contribution is 2.09. The van der Waals surface area contributed by atoms with Crippen molar-refractivity contribution in [2.75, 3.05) is 19.6 Å². The summed E-state index contributed by atoms with van der Waals surface area (Å²) in [6.07, 6.45) is 8.63. The quantitative estimate of drug-likeness (QED) is 0.233. The molecule has 9 nitrogen and oxygen atoms in total. The van der Waals surface area contributed by atoms with Gasteiger partial charge in [-0.15, -0.1) is 24.0 Å². The van der Waals surface area contributed by atoms with E-state index in [1.807, 2.05) is 21.5 Å². The largest absolute Gasteiger partial charge is 0.357 e. The highest BCUT2D eigenvalue weighted by atomic mass is 127. The topological polar surface area (TPSA) is 94.1 Å². The van der Waals surface area contributed by atoms with Gasteiger partial charge in [0.15, 0.2) is 5.96 Å². The van der Waals surface area contributed by atoms with Crippen LogP contribution in [0.5, 0.6) is 0 Å². The first kappa shape index (κ1) is 22.4. The summed E-state index contributed by atoms with van der Waals surface area (Å²) >= 11 is 0. The number of halogens is 1. The molecular weight excluding hydrogens is 471 g/mol. The Hall–Kier alpha value is -1.85. The number of aryl methyl sites for hydroxylation is 3. The SMILES string of the molecule is CCNC(=NCCCn1nc2n(c1=O)CCCC2)NCCCn1cccn1.I. The number of rotatable bonds is 9. The number of hydrogen-bond acceptors (Lipinski definition) is 4. The minimum Gasteiger partial charge on any atom is -0.357 e. The summed E-state index contributed by atoms with van der Waals surface area (Å²) in [6.45, 7) is 6.66. The van der Waals surface area contributed by atoms with Gasteiger partial charge in [-0.25, -0.2) is 9.48 Å². The zero-order valence-corrected chi connectivity index (χ0v) is 18.8. The van der Waals surface area contributed by atoms with Crippen LogP contribution < -0.4 is 16.3 Å². The molecule has 0 saturated carbocycles. The molecule has 0 amide bonds. The van der Waals surface area contributed by atoms with Gasteiger partial charge >= 0.3 is 5.69 Å². The summed E-state index contributed by atoms with van der Waals surface area (Å²) in [4.78, 5) is 16.9. The first-order chi connectivity index (χ1) is 13.3. The lowest BCUT2D eigenvalue weighted by Gasteiger charge is -2.11. The molecule has 156 valence electrons. The van der Waals surface area contributed by atoms with E-state index in [2.05, 4.69) is 32.7 Å². The third-order valence-corrected chi connectivity index (χ3v) is 4.59. The van der Waals surface area contributed by atoms with Crippen LogP contribution in [0.1, 0.15) is 38.4 Å². The first-order valence-electron chi connectivity index (χ1n) is 9.94. The average molecular weight is 502 g/mol. The Kier molecular flexibility index (Phi) is 9.51. The van der Waals surface area contributed by atoms with Crippen LogP contribution in [-0.4, -0.2) is 49.7 Å². The van der Waals surface area contributed by atoms with Crippen molar-refractivity contribution in [1.82, 2.24) is 34.8 Å². The summed E-state index contributed by atoms with van der Waals surface area (Å²) in [6, 6.07) is 1.93. The van der Waals surface area contributed by atoms with E-state index in [9.17, 15) is 4.79 Å². The van der Waals surface area contributed by atoms with Crippen molar-refractivity contribution < 1.29 is 0 Å². The van der Waals surface area contributed by atoms with E-state index in [1.54, 1.807) is 10.9 Å². The van der Waals surface area contributed by atoms with Gasteiger partial charge in [-0.1, -0.05) is 0 Å². The van der Waals surface area contributed by atoms with E-state index >= 15 is 0 Å². The maximum absolute atomic E-state index is 12.3. The van der Waals surface area contributed by atoms with Crippen LogP contribution in [-0.2, 0) is 26.1 Å². The Morgan fingerprint density at radius 3 is 2.89 bits per heavy atom. The van der Waals surface area contributed by atoms with Crippen LogP contribution in [0, 0.1) is 0 Å². The summed E-state index contributed by atoms with van der Waals surface area (Å²) < 4.78 is 5.34. The van der Waals surface area contributed by atoms with Gasteiger partial charge in [0.05, 0.1) is 0 Å². The molecule has 1 aliphatic rings. The average Bonchev–Trinajstić information content (AvgIpc) is 3.31. The number of fused-ring (bicyclic) bond motifs is 1. The molecule has 0 atom stereocenters. The third-order valence-electron chi connectivity index (χ3n) is 4.59. The fourth-order valence-corrected chi connectivity index (χ4v) is 3.23. The molecule has 2 aromatic heterocycles. The maximum Gasteiger partial charge on any atom is 0.345 e. The summed E-state index contributed by atoms with van der Waals surface area (Å²) in [5.41, 5.74) is 0.0253. The number of guanidine groups is 1. The lowest BCUT2D eigenvalue weighted by atomic mass is 10.2. The van der Waals surface area contributed by atoms with Crippen molar-refractivity contribution in [3.63, 3.8) is 0 Å². The lowest BCUT2D eigenvalue weighted by Crippen LogP contribution is -2.38. The molecule has 2 N–H and O–H groups in total. The van der Waals surface area contributed by atoms with Crippen molar-refractivity contribution in [1.29, 1.82) is 0 Å². The maximum atomic E-state index is 12.3. The fourth-order valence-electron chi connectivity index (χ4n) is 3.23. The Morgan fingerprint density at radius 1 is 1.25 bits per heavy atom. The highest BCUT2D eigenvalue weighted by molar-refractivity contribution is 14.0. The molecule has 0 bridgehead atoms. The van der Waals surface area contributed by atoms with Gasteiger partial charge in [0.1, 0.15) is 5.82 Å². The minimum atomic E-state index is 0. The van der Waals surface area contributed by atoms with Crippen molar-refractivity contribution in [2.24, 2.45) is 4.99 Å². The second-order valence-corrected chi connectivity index (χ2v) is 6.69. The van der Waals surface area contributed by atoms with Gasteiger partial charge in [0, 0.05) is 58.1 Å². The molecule has 1 aliphatic heterocycles. The van der Waals surface area contributed by atoms with Crippen LogP contribution in [0.3, 0.4) is 0 Å².